The van der Waals surface area contributed by atoms with Crippen LogP contribution in [0.15, 0.2) is 47.1 Å². The lowest BCUT2D eigenvalue weighted by Gasteiger charge is -2.28. The van der Waals surface area contributed by atoms with Gasteiger partial charge in [-0.2, -0.15) is 0 Å². The molecule has 0 radical (unpaired) electrons. The van der Waals surface area contributed by atoms with Crippen molar-refractivity contribution in [2.45, 2.75) is 549 Å². The van der Waals surface area contributed by atoms with Gasteiger partial charge >= 0.3 is 59.7 Å². The molecule has 0 fully saturated rings. The Hall–Kier alpha value is -7.86. The molecule has 0 saturated heterocycles. The number of nitrogens with one attached hydrogen (secondary N) is 4. The van der Waals surface area contributed by atoms with Crippen molar-refractivity contribution in [2.75, 3.05) is 85.5 Å². The number of ether oxygens (including phenoxy) is 6. The first-order valence-corrected chi connectivity index (χ1v) is 59.4. The smallest absolute Gasteiger partial charge is 0.321 e. The maximum atomic E-state index is 12.5. The van der Waals surface area contributed by atoms with E-state index in [0.29, 0.717) is 85.1 Å². The molecule has 1 heterocycles. The Morgan fingerprint density at radius 3 is 0.826 bits per heavy atom. The summed E-state index contributed by atoms with van der Waals surface area (Å²) in [4.78, 5) is 156. The molecular weight excluding hydrogens is 1890 g/mol. The normalized spacial score (nSPS) is 12.1. The van der Waals surface area contributed by atoms with Crippen LogP contribution in [0.5, 0.6) is 0 Å². The molecule has 1 aromatic carbocycles. The molecule has 864 valence electrons. The highest BCUT2D eigenvalue weighted by Crippen LogP contribution is 2.22. The summed E-state index contributed by atoms with van der Waals surface area (Å²) in [6.07, 6.45) is 80.2. The Bertz CT molecular complexity index is 3410. The Kier molecular flexibility index (Phi) is 110. The SMILES string of the molecule is CCCCCCCCCCCCOC(=O)CCN(CCC(=O)OCCCCCCCCCCCC)C(CC1=CCC=N1)C(=O)O.CCCCCCCCCCCCOC(=O)CCNC(CC(=O)O)C(C)=O.CCCCCCCCCCCCOC(=O)CCNC(CCC(=O)O)C(C)=O.CCCCCCCCCCCCOC(=O)CCNC(Cc1ccccc1)C(=O)O.CCCCCCCCCCCCOC(=O)CCNCC(C)=O. The molecule has 0 spiro atoms. The number of nitrogens with zero attached hydrogens (tertiary/aromatic N) is 2. The monoisotopic (exact) mass is 2110 g/mol. The average Bonchev–Trinajstić information content (AvgIpc) is 1.85. The third-order valence-electron chi connectivity index (χ3n) is 26.2. The number of allylic oxidation sites excluding steroid dienone is 1. The van der Waals surface area contributed by atoms with Crippen LogP contribution in [0.3, 0.4) is 0 Å². The summed E-state index contributed by atoms with van der Waals surface area (Å²) in [5, 5.41) is 48.3. The number of carbonyl (C=O) groups excluding carboxylic acids is 9. The molecule has 149 heavy (non-hydrogen) atoms. The lowest BCUT2D eigenvalue weighted by atomic mass is 10.1. The Labute approximate surface area is 902 Å². The molecule has 0 amide bonds. The average molecular weight is 2110 g/mol. The van der Waals surface area contributed by atoms with Crippen LogP contribution in [-0.2, 0) is 97.2 Å². The number of Topliss-reactive ketones (excluding diaryl/α,β-unsaturated/α-hetero) is 3. The molecule has 2 rings (SSSR count). The quantitative estimate of drug-likeness (QED) is 0.0171. The van der Waals surface area contributed by atoms with Gasteiger partial charge in [0, 0.05) is 70.4 Å². The first-order chi connectivity index (χ1) is 72.2. The maximum Gasteiger partial charge on any atom is 0.321 e. The first-order valence-electron chi connectivity index (χ1n) is 59.4. The fraction of sp³-hybridized carbons (Fsp3) is 0.817. The van der Waals surface area contributed by atoms with Crippen molar-refractivity contribution in [1.29, 1.82) is 0 Å². The van der Waals surface area contributed by atoms with E-state index in [4.69, 9.17) is 38.6 Å². The zero-order valence-electron chi connectivity index (χ0n) is 95.4. The molecule has 0 aliphatic carbocycles. The zero-order valence-corrected chi connectivity index (χ0v) is 95.4. The molecule has 1 aliphatic rings. The third kappa shape index (κ3) is 108. The zero-order chi connectivity index (χ0) is 110. The highest BCUT2D eigenvalue weighted by atomic mass is 16.6. The van der Waals surface area contributed by atoms with Crippen molar-refractivity contribution < 1.29 is 111 Å². The summed E-state index contributed by atoms with van der Waals surface area (Å²) in [5.41, 5.74) is 1.68. The van der Waals surface area contributed by atoms with Crippen LogP contribution in [0.25, 0.3) is 0 Å². The van der Waals surface area contributed by atoms with Crippen LogP contribution >= 0.6 is 0 Å². The van der Waals surface area contributed by atoms with E-state index in [9.17, 15) is 72.5 Å². The summed E-state index contributed by atoms with van der Waals surface area (Å²) in [5.74, 6) is -5.85. The minimum absolute atomic E-state index is 0.0690. The number of esters is 6. The van der Waals surface area contributed by atoms with Crippen molar-refractivity contribution in [3.8, 4) is 0 Å². The van der Waals surface area contributed by atoms with E-state index in [1.165, 1.54) is 316 Å². The van der Waals surface area contributed by atoms with Crippen LogP contribution in [-0.4, -0.2) is 218 Å². The van der Waals surface area contributed by atoms with Gasteiger partial charge in [0.05, 0.1) is 103 Å². The predicted molar refractivity (Wildman–Crippen MR) is 601 cm³/mol. The summed E-state index contributed by atoms with van der Waals surface area (Å²) in [6.45, 7) is 22.5. The predicted octanol–water partition coefficient (Wildman–Crippen LogP) is 26.5. The molecule has 4 atom stereocenters. The lowest BCUT2D eigenvalue weighted by Crippen LogP contribution is -2.43. The van der Waals surface area contributed by atoms with Crippen LogP contribution in [0, 0.1) is 0 Å². The standard InChI is InChI=1S/C37H66N2O6.C24H39NO4.C21H39NO5.C20H37NO5.C18H35NO3/c1-3-5-7-9-11-13-15-17-19-21-30-44-35(40)25-28-39(34(37(42)43)32-33-24-23-27-38-33)29-26-36(41)45-31-22-20-18-16-14-12-10-8-6-4-2;1-2-3-4-5-6-7-8-9-10-14-19-29-23(26)17-18-25-22(24(27)28)20-21-15-12-11-13-16-21;1-3-4-5-6-7-8-9-10-11-12-17-27-21(26)15-16-22-19(18(2)23)13-14-20(24)25;1-3-4-5-6-7-8-9-10-11-12-15-26-20(25)13-14-21-18(17(2)22)16-19(23)24;1-3-4-5-6-7-8-9-10-11-12-15-22-18(21)13-14-19-16-17(2)20/h24,27,34H,3-23,25-26,28-32H2,1-2H3,(H,42,43);11-13,15-16,22,25H,2-10,14,17-20H2,1H3,(H,27,28);19,22H,3-17H2,1-2H3,(H,24,25);18,21H,3-16H2,1-2H3,(H,23,24);19H,3-16H2,1-2H3. The molecule has 0 aromatic heterocycles. The van der Waals surface area contributed by atoms with Crippen molar-refractivity contribution in [2.24, 2.45) is 4.99 Å². The summed E-state index contributed by atoms with van der Waals surface area (Å²) in [6, 6.07) is 6.63. The molecule has 1 aliphatic heterocycles. The second-order valence-corrected chi connectivity index (χ2v) is 40.4. The van der Waals surface area contributed by atoms with Crippen LogP contribution in [0.1, 0.15) is 524 Å². The number of benzene rings is 1. The van der Waals surface area contributed by atoms with Crippen LogP contribution in [0.2, 0.25) is 0 Å². The summed E-state index contributed by atoms with van der Waals surface area (Å²) in [7, 11) is 0. The van der Waals surface area contributed by atoms with E-state index in [1.54, 1.807) is 11.1 Å². The number of carboxylic acids is 4. The van der Waals surface area contributed by atoms with Gasteiger partial charge in [0.25, 0.3) is 0 Å². The van der Waals surface area contributed by atoms with Gasteiger partial charge in [-0.1, -0.05) is 425 Å². The number of rotatable bonds is 103. The fourth-order valence-corrected chi connectivity index (χ4v) is 16.9. The number of aliphatic imine (C=N–C) groups is 1. The van der Waals surface area contributed by atoms with Crippen LogP contribution in [0.4, 0.5) is 0 Å². The second-order valence-electron chi connectivity index (χ2n) is 40.4. The van der Waals surface area contributed by atoms with Gasteiger partial charge in [-0.25, -0.2) is 0 Å². The number of carboxylic acid groups (broad SMARTS) is 4. The molecular formula is C120H216N6O23. The molecule has 4 unspecified atom stereocenters. The van der Waals surface area contributed by atoms with E-state index in [-0.39, 0.29) is 131 Å². The highest BCUT2D eigenvalue weighted by molar-refractivity contribution is 5.86. The van der Waals surface area contributed by atoms with Gasteiger partial charge in [-0.15, -0.1) is 0 Å². The van der Waals surface area contributed by atoms with Crippen LogP contribution < -0.4 is 21.3 Å². The van der Waals surface area contributed by atoms with Crippen molar-refractivity contribution in [3.05, 3.63) is 47.7 Å². The number of unbranched alkanes of at least 4 members (excludes halogenated alkanes) is 54. The van der Waals surface area contributed by atoms with E-state index >= 15 is 0 Å². The molecule has 1 aromatic rings. The maximum absolute atomic E-state index is 12.5. The minimum atomic E-state index is -1.04. The molecule has 0 bridgehead atoms. The summed E-state index contributed by atoms with van der Waals surface area (Å²) < 4.78 is 31.7. The van der Waals surface area contributed by atoms with Gasteiger partial charge in [0.2, 0.25) is 0 Å². The number of hydrogen-bond donors (Lipinski definition) is 8. The van der Waals surface area contributed by atoms with Crippen molar-refractivity contribution >= 4 is 83.3 Å². The molecule has 0 saturated carbocycles. The molecule has 8 N–H and O–H groups in total. The Morgan fingerprint density at radius 2 is 0.577 bits per heavy atom. The number of hydrogen-bond acceptors (Lipinski definition) is 25. The Morgan fingerprint density at radius 1 is 0.309 bits per heavy atom. The number of aliphatic carboxylic acids is 4. The summed E-state index contributed by atoms with van der Waals surface area (Å²) >= 11 is 0. The largest absolute Gasteiger partial charge is 0.481 e. The van der Waals surface area contributed by atoms with Gasteiger partial charge in [0.1, 0.15) is 29.4 Å². The third-order valence-corrected chi connectivity index (χ3v) is 26.2. The van der Waals surface area contributed by atoms with Gasteiger partial charge in [-0.05, 0) is 77.7 Å². The van der Waals surface area contributed by atoms with Gasteiger partial charge < -0.3 is 70.1 Å². The van der Waals surface area contributed by atoms with Crippen molar-refractivity contribution in [1.82, 2.24) is 26.2 Å². The molecule has 29 nitrogen and oxygen atoms in total. The van der Waals surface area contributed by atoms with Gasteiger partial charge in [0.15, 0.2) is 0 Å². The Balaban J connectivity index is -0.00000183. The van der Waals surface area contributed by atoms with Crippen molar-refractivity contribution in [3.63, 3.8) is 0 Å². The van der Waals surface area contributed by atoms with E-state index in [0.717, 1.165) is 101 Å². The van der Waals surface area contributed by atoms with E-state index < -0.39 is 48.0 Å². The molecule has 29 heteroatoms. The van der Waals surface area contributed by atoms with E-state index in [1.807, 2.05) is 36.4 Å². The topological polar surface area (TPSA) is 422 Å². The second kappa shape index (κ2) is 113. The first kappa shape index (κ1) is 145. The number of carbonyl (C=O) groups is 13. The highest BCUT2D eigenvalue weighted by Gasteiger charge is 2.29. The lowest BCUT2D eigenvalue weighted by molar-refractivity contribution is -0.149. The van der Waals surface area contributed by atoms with Gasteiger partial charge in [-0.3, -0.25) is 72.2 Å². The number of ketones is 3. The van der Waals surface area contributed by atoms with E-state index in [2.05, 4.69) is 67.8 Å². The fourth-order valence-electron chi connectivity index (χ4n) is 16.9. The minimum Gasteiger partial charge on any atom is -0.481 e.